The van der Waals surface area contributed by atoms with Crippen molar-refractivity contribution in [1.29, 1.82) is 0 Å². The quantitative estimate of drug-likeness (QED) is 0.203. The minimum Gasteiger partial charge on any atom is -0.461 e. The lowest BCUT2D eigenvalue weighted by Gasteiger charge is -2.71. The minimum atomic E-state index is -0.540. The number of ether oxygens (including phenoxy) is 2. The Morgan fingerprint density at radius 2 is 1.77 bits per heavy atom. The fourth-order valence-corrected chi connectivity index (χ4v) is 11.7. The Morgan fingerprint density at radius 3 is 2.44 bits per heavy atom. The molecule has 0 spiro atoms. The SMILES string of the molecule is CC(C)[C@@H](C)[C@@]1(C)CC[C@]2(C)[C@H]3CC[C@@H]4[C@@]5(COC[C@]4(C)[C@@H](O)[C@H](OP)C5)C3=CC[C@@]2(C)[C@@H]1C(=O)OCc1ccccc1. The summed E-state index contributed by atoms with van der Waals surface area (Å²) < 4.78 is 18.5. The summed E-state index contributed by atoms with van der Waals surface area (Å²) in [5.74, 6) is 1.38. The number of fused-ring (bicyclic) bond motifs is 3. The predicted octanol–water partition coefficient (Wildman–Crippen LogP) is 7.77. The molecule has 238 valence electrons. The molecule has 5 aliphatic rings. The number of allylic oxidation sites excluding steroid dienone is 1. The highest BCUT2D eigenvalue weighted by molar-refractivity contribution is 7.09. The molecule has 1 unspecified atom stereocenters. The van der Waals surface area contributed by atoms with Crippen molar-refractivity contribution < 1.29 is 23.9 Å². The second-order valence-electron chi connectivity index (χ2n) is 16.4. The maximum atomic E-state index is 14.5. The van der Waals surface area contributed by atoms with Crippen LogP contribution in [0.4, 0.5) is 0 Å². The van der Waals surface area contributed by atoms with Crippen molar-refractivity contribution in [2.24, 2.45) is 56.7 Å². The maximum Gasteiger partial charge on any atom is 0.310 e. The minimum absolute atomic E-state index is 0.0261. The van der Waals surface area contributed by atoms with Crippen LogP contribution < -0.4 is 0 Å². The van der Waals surface area contributed by atoms with Gasteiger partial charge in [-0.3, -0.25) is 4.79 Å². The van der Waals surface area contributed by atoms with Gasteiger partial charge in [0.15, 0.2) is 0 Å². The lowest BCUT2D eigenvalue weighted by atomic mass is 9.34. The van der Waals surface area contributed by atoms with Gasteiger partial charge in [-0.25, -0.2) is 0 Å². The summed E-state index contributed by atoms with van der Waals surface area (Å²) in [5, 5.41) is 11.4. The van der Waals surface area contributed by atoms with Gasteiger partial charge in [-0.2, -0.15) is 0 Å². The Bertz CT molecular complexity index is 1250. The van der Waals surface area contributed by atoms with Gasteiger partial charge in [0.1, 0.15) is 6.61 Å². The molecule has 2 bridgehead atoms. The Morgan fingerprint density at radius 1 is 1.05 bits per heavy atom. The van der Waals surface area contributed by atoms with E-state index >= 15 is 0 Å². The standard InChI is InChI=1S/C37H55O5P/c1-23(2)24(3)33(4)17-18-35(6)26-13-14-29-34(5)21-40-22-37(29,19-28(42-43)31(34)38)27(26)15-16-36(35,7)30(33)32(39)41-20-25-11-9-8-10-12-25/h8-12,15,23-24,26,28-31,38H,13-14,16-22,43H2,1-7H3/t24-,26+,28-,29+,30-,31+,33-,34+,35-,36+,37+/m1/s1. The molecule has 43 heavy (non-hydrogen) atoms. The highest BCUT2D eigenvalue weighted by atomic mass is 31.0. The average Bonchev–Trinajstić information content (AvgIpc) is 2.98. The van der Waals surface area contributed by atoms with Crippen molar-refractivity contribution in [2.75, 3.05) is 13.2 Å². The number of carbonyl (C=O) groups is 1. The Hall–Kier alpha value is -1.26. The van der Waals surface area contributed by atoms with Gasteiger partial charge in [0.2, 0.25) is 0 Å². The van der Waals surface area contributed by atoms with Crippen LogP contribution in [0.15, 0.2) is 42.0 Å². The summed E-state index contributed by atoms with van der Waals surface area (Å²) in [7, 11) is 2.43. The zero-order valence-corrected chi connectivity index (χ0v) is 28.7. The van der Waals surface area contributed by atoms with E-state index in [2.05, 4.69) is 64.0 Å². The van der Waals surface area contributed by atoms with Gasteiger partial charge in [0, 0.05) is 20.3 Å². The van der Waals surface area contributed by atoms with Gasteiger partial charge in [0.25, 0.3) is 0 Å². The third kappa shape index (κ3) is 4.41. The number of rotatable bonds is 6. The van der Waals surface area contributed by atoms with Crippen molar-refractivity contribution in [2.45, 2.75) is 106 Å². The van der Waals surface area contributed by atoms with Crippen LogP contribution in [0.3, 0.4) is 0 Å². The first-order valence-electron chi connectivity index (χ1n) is 16.8. The number of aliphatic hydroxyl groups excluding tert-OH is 1. The van der Waals surface area contributed by atoms with E-state index in [0.29, 0.717) is 43.5 Å². The molecule has 1 aromatic rings. The first kappa shape index (κ1) is 31.7. The van der Waals surface area contributed by atoms with E-state index in [-0.39, 0.29) is 45.1 Å². The lowest BCUT2D eigenvalue weighted by Crippen LogP contribution is -2.69. The predicted molar refractivity (Wildman–Crippen MR) is 173 cm³/mol. The normalized spacial score (nSPS) is 46.2. The number of esters is 1. The number of carbonyl (C=O) groups excluding carboxylic acids is 1. The monoisotopic (exact) mass is 610 g/mol. The molecule has 0 radical (unpaired) electrons. The van der Waals surface area contributed by atoms with E-state index in [1.165, 1.54) is 5.57 Å². The molecule has 1 saturated heterocycles. The van der Waals surface area contributed by atoms with E-state index < -0.39 is 6.10 Å². The molecule has 1 N–H and O–H groups in total. The van der Waals surface area contributed by atoms with Crippen LogP contribution in [-0.4, -0.2) is 36.5 Å². The third-order valence-electron chi connectivity index (χ3n) is 14.5. The summed E-state index contributed by atoms with van der Waals surface area (Å²) >= 11 is 0. The molecule has 4 fully saturated rings. The van der Waals surface area contributed by atoms with Crippen LogP contribution in [-0.2, 0) is 25.4 Å². The van der Waals surface area contributed by atoms with Crippen LogP contribution in [0.2, 0.25) is 0 Å². The lowest BCUT2D eigenvalue weighted by molar-refractivity contribution is -0.248. The van der Waals surface area contributed by atoms with Crippen LogP contribution >= 0.6 is 9.47 Å². The van der Waals surface area contributed by atoms with E-state index in [0.717, 1.165) is 44.1 Å². The highest BCUT2D eigenvalue weighted by Crippen LogP contribution is 2.75. The van der Waals surface area contributed by atoms with Crippen molar-refractivity contribution in [3.8, 4) is 0 Å². The topological polar surface area (TPSA) is 65.0 Å². The van der Waals surface area contributed by atoms with Crippen LogP contribution in [0, 0.1) is 56.7 Å². The summed E-state index contributed by atoms with van der Waals surface area (Å²) in [6.45, 7) is 18.1. The number of hydrogen-bond donors (Lipinski definition) is 1. The molecule has 12 atom stereocenters. The average molecular weight is 611 g/mol. The van der Waals surface area contributed by atoms with Crippen LogP contribution in [0.25, 0.3) is 0 Å². The van der Waals surface area contributed by atoms with Crippen molar-refractivity contribution in [3.05, 3.63) is 47.5 Å². The van der Waals surface area contributed by atoms with Gasteiger partial charge in [0.05, 0.1) is 31.3 Å². The van der Waals surface area contributed by atoms with Crippen molar-refractivity contribution in [1.82, 2.24) is 0 Å². The molecular weight excluding hydrogens is 555 g/mol. The van der Waals surface area contributed by atoms with E-state index in [1.54, 1.807) is 0 Å². The molecule has 0 amide bonds. The molecule has 1 aromatic carbocycles. The molecule has 6 rings (SSSR count). The molecule has 1 heterocycles. The second kappa shape index (κ2) is 10.9. The fourth-order valence-electron chi connectivity index (χ4n) is 11.5. The summed E-state index contributed by atoms with van der Waals surface area (Å²) in [4.78, 5) is 14.5. The largest absolute Gasteiger partial charge is 0.461 e. The summed E-state index contributed by atoms with van der Waals surface area (Å²) in [6, 6.07) is 10.1. The molecule has 4 aliphatic carbocycles. The first-order valence-corrected chi connectivity index (χ1v) is 17.3. The second-order valence-corrected chi connectivity index (χ2v) is 16.7. The fraction of sp³-hybridized carbons (Fsp3) is 0.757. The van der Waals surface area contributed by atoms with E-state index in [9.17, 15) is 9.90 Å². The molecule has 5 nitrogen and oxygen atoms in total. The molecule has 0 aromatic heterocycles. The van der Waals surface area contributed by atoms with Gasteiger partial charge < -0.3 is 19.1 Å². The third-order valence-corrected chi connectivity index (χ3v) is 14.8. The number of aliphatic hydroxyl groups is 1. The zero-order chi connectivity index (χ0) is 31.0. The Kier molecular flexibility index (Phi) is 8.06. The maximum absolute atomic E-state index is 14.5. The number of hydrogen-bond acceptors (Lipinski definition) is 5. The molecular formula is C37H55O5P. The van der Waals surface area contributed by atoms with Gasteiger partial charge in [-0.15, -0.1) is 0 Å². The summed E-state index contributed by atoms with van der Waals surface area (Å²) in [5.41, 5.74) is 1.67. The molecule has 3 saturated carbocycles. The van der Waals surface area contributed by atoms with Crippen LogP contribution in [0.1, 0.15) is 92.6 Å². The van der Waals surface area contributed by atoms with Crippen molar-refractivity contribution in [3.63, 3.8) is 0 Å². The van der Waals surface area contributed by atoms with Gasteiger partial charge in [-0.1, -0.05) is 90.4 Å². The Labute approximate surface area is 262 Å². The number of benzene rings is 1. The van der Waals surface area contributed by atoms with Crippen molar-refractivity contribution >= 4 is 15.4 Å². The Balaban J connectivity index is 1.42. The van der Waals surface area contributed by atoms with Crippen LogP contribution in [0.5, 0.6) is 0 Å². The van der Waals surface area contributed by atoms with Gasteiger partial charge in [-0.05, 0) is 84.0 Å². The van der Waals surface area contributed by atoms with E-state index in [4.69, 9.17) is 14.0 Å². The van der Waals surface area contributed by atoms with E-state index in [1.807, 2.05) is 30.3 Å². The smallest absolute Gasteiger partial charge is 0.310 e. The zero-order valence-electron chi connectivity index (χ0n) is 27.5. The highest BCUT2D eigenvalue weighted by Gasteiger charge is 2.71. The molecule has 1 aliphatic heterocycles. The molecule has 6 heteroatoms. The first-order chi connectivity index (χ1) is 20.3. The summed E-state index contributed by atoms with van der Waals surface area (Å²) in [6.07, 6.45) is 7.73. The van der Waals surface area contributed by atoms with Gasteiger partial charge >= 0.3 is 5.97 Å².